The standard InChI is InChI=1S/C6H12N2/c1-3-5-4(2-8-3)6(5)7/h3-6,8H,2,7H2,1H3. The number of rotatable bonds is 0. The average Bonchev–Trinajstić information content (AvgIpc) is 2.13. The van der Waals surface area contributed by atoms with E-state index >= 15 is 0 Å². The molecule has 1 heterocycles. The Labute approximate surface area is 49.4 Å². The van der Waals surface area contributed by atoms with Gasteiger partial charge < -0.3 is 11.1 Å². The van der Waals surface area contributed by atoms with Gasteiger partial charge in [0, 0.05) is 18.6 Å². The predicted octanol–water partition coefficient (Wildman–Crippen LogP) is -0.449. The van der Waals surface area contributed by atoms with Crippen molar-refractivity contribution in [1.82, 2.24) is 5.32 Å². The number of nitrogens with two attached hydrogens (primary N) is 1. The molecule has 1 aliphatic heterocycles. The summed E-state index contributed by atoms with van der Waals surface area (Å²) >= 11 is 0. The average molecular weight is 112 g/mol. The van der Waals surface area contributed by atoms with E-state index in [0.717, 1.165) is 18.4 Å². The van der Waals surface area contributed by atoms with Crippen LogP contribution in [0.4, 0.5) is 0 Å². The van der Waals surface area contributed by atoms with Gasteiger partial charge in [-0.3, -0.25) is 0 Å². The van der Waals surface area contributed by atoms with E-state index in [1.165, 1.54) is 0 Å². The molecule has 2 rings (SSSR count). The van der Waals surface area contributed by atoms with Crippen molar-refractivity contribution in [2.45, 2.75) is 19.0 Å². The maximum absolute atomic E-state index is 5.72. The van der Waals surface area contributed by atoms with Crippen LogP contribution in [0.3, 0.4) is 0 Å². The smallest absolute Gasteiger partial charge is 0.0130 e. The molecule has 2 nitrogen and oxygen atoms in total. The molecule has 2 aliphatic rings. The van der Waals surface area contributed by atoms with E-state index < -0.39 is 0 Å². The van der Waals surface area contributed by atoms with Crippen LogP contribution in [-0.2, 0) is 0 Å². The number of hydrogen-bond acceptors (Lipinski definition) is 2. The van der Waals surface area contributed by atoms with Crippen LogP contribution in [0.1, 0.15) is 6.92 Å². The molecule has 0 bridgehead atoms. The summed E-state index contributed by atoms with van der Waals surface area (Å²) in [7, 11) is 0. The van der Waals surface area contributed by atoms with Crippen LogP contribution < -0.4 is 11.1 Å². The van der Waals surface area contributed by atoms with Crippen molar-refractivity contribution in [3.05, 3.63) is 0 Å². The monoisotopic (exact) mass is 112 g/mol. The molecule has 2 heteroatoms. The minimum Gasteiger partial charge on any atom is -0.327 e. The lowest BCUT2D eigenvalue weighted by Gasteiger charge is -2.05. The van der Waals surface area contributed by atoms with Gasteiger partial charge in [-0.2, -0.15) is 0 Å². The minimum atomic E-state index is 0.534. The van der Waals surface area contributed by atoms with E-state index in [9.17, 15) is 0 Å². The van der Waals surface area contributed by atoms with E-state index in [2.05, 4.69) is 12.2 Å². The van der Waals surface area contributed by atoms with Crippen LogP contribution >= 0.6 is 0 Å². The Morgan fingerprint density at radius 1 is 1.62 bits per heavy atom. The van der Waals surface area contributed by atoms with Crippen LogP contribution in [0, 0.1) is 11.8 Å². The fraction of sp³-hybridized carbons (Fsp3) is 1.00. The van der Waals surface area contributed by atoms with Gasteiger partial charge in [0.05, 0.1) is 0 Å². The summed E-state index contributed by atoms with van der Waals surface area (Å²) in [6.45, 7) is 3.38. The second-order valence-electron chi connectivity index (χ2n) is 3.02. The van der Waals surface area contributed by atoms with E-state index in [1.807, 2.05) is 0 Å². The maximum Gasteiger partial charge on any atom is 0.0130 e. The Bertz CT molecular complexity index is 111. The molecule has 0 amide bonds. The fourth-order valence-corrected chi connectivity index (χ4v) is 1.86. The molecule has 3 N–H and O–H groups in total. The molecular formula is C6H12N2. The Kier molecular flexibility index (Phi) is 0.746. The lowest BCUT2D eigenvalue weighted by Crippen LogP contribution is -2.29. The Morgan fingerprint density at radius 3 is 2.62 bits per heavy atom. The van der Waals surface area contributed by atoms with Crippen molar-refractivity contribution in [2.75, 3.05) is 6.54 Å². The van der Waals surface area contributed by atoms with Gasteiger partial charge in [-0.05, 0) is 18.8 Å². The predicted molar refractivity (Wildman–Crippen MR) is 32.4 cm³/mol. The normalized spacial score (nSPS) is 60.8. The van der Waals surface area contributed by atoms with E-state index in [1.54, 1.807) is 0 Å². The van der Waals surface area contributed by atoms with E-state index in [0.29, 0.717) is 12.1 Å². The SMILES string of the molecule is CC1NCC2C(N)C12. The molecule has 4 unspecified atom stereocenters. The summed E-state index contributed by atoms with van der Waals surface area (Å²) in [5.74, 6) is 1.64. The van der Waals surface area contributed by atoms with Gasteiger partial charge in [0.2, 0.25) is 0 Å². The Balaban J connectivity index is 2.07. The Morgan fingerprint density at radius 2 is 2.38 bits per heavy atom. The van der Waals surface area contributed by atoms with Crippen molar-refractivity contribution in [3.63, 3.8) is 0 Å². The summed E-state index contributed by atoms with van der Waals surface area (Å²) in [6.07, 6.45) is 0. The largest absolute Gasteiger partial charge is 0.327 e. The molecule has 1 aliphatic carbocycles. The highest BCUT2D eigenvalue weighted by Crippen LogP contribution is 2.43. The molecule has 0 radical (unpaired) electrons. The highest BCUT2D eigenvalue weighted by atomic mass is 15.0. The molecule has 8 heavy (non-hydrogen) atoms. The quantitative estimate of drug-likeness (QED) is 0.445. The van der Waals surface area contributed by atoms with Crippen molar-refractivity contribution < 1.29 is 0 Å². The lowest BCUT2D eigenvalue weighted by atomic mass is 10.2. The summed E-state index contributed by atoms with van der Waals surface area (Å²) in [5.41, 5.74) is 5.72. The van der Waals surface area contributed by atoms with Crippen LogP contribution in [-0.4, -0.2) is 18.6 Å². The van der Waals surface area contributed by atoms with E-state index in [4.69, 9.17) is 5.73 Å². The van der Waals surface area contributed by atoms with Crippen LogP contribution in [0.2, 0.25) is 0 Å². The van der Waals surface area contributed by atoms with E-state index in [-0.39, 0.29) is 0 Å². The zero-order chi connectivity index (χ0) is 5.72. The lowest BCUT2D eigenvalue weighted by molar-refractivity contribution is 0.552. The van der Waals surface area contributed by atoms with Crippen LogP contribution in [0.25, 0.3) is 0 Å². The van der Waals surface area contributed by atoms with Crippen LogP contribution in [0.5, 0.6) is 0 Å². The molecule has 1 saturated heterocycles. The van der Waals surface area contributed by atoms with Gasteiger partial charge in [0.15, 0.2) is 0 Å². The first-order valence-corrected chi connectivity index (χ1v) is 3.29. The Hall–Kier alpha value is -0.0800. The summed E-state index contributed by atoms with van der Waals surface area (Å²) in [4.78, 5) is 0. The van der Waals surface area contributed by atoms with Crippen LogP contribution in [0.15, 0.2) is 0 Å². The summed E-state index contributed by atoms with van der Waals surface area (Å²) in [6, 6.07) is 1.22. The zero-order valence-corrected chi connectivity index (χ0v) is 5.09. The molecule has 0 aromatic heterocycles. The van der Waals surface area contributed by atoms with Gasteiger partial charge in [0.25, 0.3) is 0 Å². The van der Waals surface area contributed by atoms with Gasteiger partial charge >= 0.3 is 0 Å². The highest BCUT2D eigenvalue weighted by molar-refractivity contribution is 5.11. The molecule has 0 aromatic carbocycles. The third-order valence-corrected chi connectivity index (χ3v) is 2.55. The number of nitrogens with one attached hydrogen (secondary N) is 1. The summed E-state index contributed by atoms with van der Waals surface area (Å²) in [5, 5.41) is 3.37. The number of hydrogen-bond donors (Lipinski definition) is 2. The van der Waals surface area contributed by atoms with Gasteiger partial charge in [-0.15, -0.1) is 0 Å². The fourth-order valence-electron chi connectivity index (χ4n) is 1.86. The molecule has 46 valence electrons. The topological polar surface area (TPSA) is 38.0 Å². The first-order valence-electron chi connectivity index (χ1n) is 3.29. The zero-order valence-electron chi connectivity index (χ0n) is 5.09. The third kappa shape index (κ3) is 0.400. The van der Waals surface area contributed by atoms with Gasteiger partial charge in [0.1, 0.15) is 0 Å². The third-order valence-electron chi connectivity index (χ3n) is 2.55. The maximum atomic E-state index is 5.72. The first kappa shape index (κ1) is 4.77. The summed E-state index contributed by atoms with van der Waals surface area (Å²) < 4.78 is 0. The molecule has 2 fully saturated rings. The minimum absolute atomic E-state index is 0.534. The number of piperidine rings is 1. The molecular weight excluding hydrogens is 100 g/mol. The van der Waals surface area contributed by atoms with Crippen molar-refractivity contribution in [2.24, 2.45) is 17.6 Å². The van der Waals surface area contributed by atoms with Gasteiger partial charge in [-0.25, -0.2) is 0 Å². The molecule has 0 spiro atoms. The van der Waals surface area contributed by atoms with Crippen molar-refractivity contribution in [1.29, 1.82) is 0 Å². The second-order valence-corrected chi connectivity index (χ2v) is 3.02. The second kappa shape index (κ2) is 1.25. The highest BCUT2D eigenvalue weighted by Gasteiger charge is 2.54. The molecule has 0 aromatic rings. The van der Waals surface area contributed by atoms with Gasteiger partial charge in [-0.1, -0.05) is 0 Å². The van der Waals surface area contributed by atoms with Crippen molar-refractivity contribution >= 4 is 0 Å². The molecule has 4 atom stereocenters. The number of fused-ring (bicyclic) bond motifs is 1. The first-order chi connectivity index (χ1) is 3.80. The van der Waals surface area contributed by atoms with Crippen molar-refractivity contribution in [3.8, 4) is 0 Å². The molecule has 1 saturated carbocycles.